The van der Waals surface area contributed by atoms with Gasteiger partial charge in [-0.2, -0.15) is 5.21 Å². The van der Waals surface area contributed by atoms with Gasteiger partial charge in [-0.3, -0.25) is 0 Å². The molecule has 0 atom stereocenters. The first-order valence-corrected chi connectivity index (χ1v) is 10.8. The molecule has 0 bridgehead atoms. The van der Waals surface area contributed by atoms with Crippen LogP contribution in [0.2, 0.25) is 0 Å². The summed E-state index contributed by atoms with van der Waals surface area (Å²) < 4.78 is 5.31. The molecule has 2 aromatic heterocycles. The maximum atomic E-state index is 5.31. The number of hydrogen-bond donors (Lipinski definition) is 2. The average Bonchev–Trinajstić information content (AvgIpc) is 3.38. The first kappa shape index (κ1) is 21.6. The second-order valence-corrected chi connectivity index (χ2v) is 7.53. The number of aromatic amines is 1. The molecule has 0 aliphatic heterocycles. The zero-order valence-electron chi connectivity index (χ0n) is 18.4. The highest BCUT2D eigenvalue weighted by molar-refractivity contribution is 5.80. The molecule has 32 heavy (non-hydrogen) atoms. The zero-order chi connectivity index (χ0) is 22.2. The van der Waals surface area contributed by atoms with Crippen LogP contribution in [0.25, 0.3) is 22.5 Å². The molecule has 2 heterocycles. The van der Waals surface area contributed by atoms with E-state index in [4.69, 9.17) is 9.72 Å². The van der Waals surface area contributed by atoms with Gasteiger partial charge in [-0.1, -0.05) is 61.9 Å². The van der Waals surface area contributed by atoms with Crippen molar-refractivity contribution in [2.75, 3.05) is 12.4 Å². The largest absolute Gasteiger partial charge is 0.380 e. The van der Waals surface area contributed by atoms with E-state index in [0.29, 0.717) is 19.0 Å². The molecule has 4 aromatic rings. The summed E-state index contributed by atoms with van der Waals surface area (Å²) in [5.41, 5.74) is 5.21. The Morgan fingerprint density at radius 2 is 1.84 bits per heavy atom. The van der Waals surface area contributed by atoms with Crippen molar-refractivity contribution >= 4 is 5.82 Å². The van der Waals surface area contributed by atoms with Crippen molar-refractivity contribution in [1.82, 2.24) is 30.6 Å². The predicted octanol–water partition coefficient (Wildman–Crippen LogP) is 4.42. The third kappa shape index (κ3) is 5.15. The number of nitrogens with zero attached hydrogens (tertiary/aromatic N) is 5. The van der Waals surface area contributed by atoms with E-state index >= 15 is 0 Å². The molecule has 8 heteroatoms. The number of tetrazole rings is 1. The van der Waals surface area contributed by atoms with Crippen LogP contribution in [0, 0.1) is 0 Å². The maximum Gasteiger partial charge on any atom is 0.205 e. The van der Waals surface area contributed by atoms with E-state index in [9.17, 15) is 0 Å². The Labute approximate surface area is 187 Å². The van der Waals surface area contributed by atoms with Crippen LogP contribution in [-0.4, -0.2) is 37.7 Å². The highest BCUT2D eigenvalue weighted by atomic mass is 16.5. The van der Waals surface area contributed by atoms with E-state index in [1.807, 2.05) is 24.4 Å². The van der Waals surface area contributed by atoms with Crippen molar-refractivity contribution in [2.45, 2.75) is 39.3 Å². The van der Waals surface area contributed by atoms with Gasteiger partial charge in [0.1, 0.15) is 11.6 Å². The van der Waals surface area contributed by atoms with Crippen LogP contribution in [0.1, 0.15) is 36.7 Å². The fourth-order valence-corrected chi connectivity index (χ4v) is 3.51. The molecule has 0 saturated heterocycles. The number of aromatic nitrogens is 6. The number of ether oxygens (including phenoxy) is 1. The number of aryl methyl sites for hydroxylation is 1. The monoisotopic (exact) mass is 429 g/mol. The highest BCUT2D eigenvalue weighted by Gasteiger charge is 2.11. The molecule has 164 valence electrons. The first-order chi connectivity index (χ1) is 15.8. The fraction of sp³-hybridized carbons (Fsp3) is 0.292. The molecule has 0 aliphatic rings. The normalized spacial score (nSPS) is 10.9. The molecule has 0 aliphatic carbocycles. The van der Waals surface area contributed by atoms with E-state index in [0.717, 1.165) is 58.7 Å². The summed E-state index contributed by atoms with van der Waals surface area (Å²) >= 11 is 0. The van der Waals surface area contributed by atoms with E-state index in [-0.39, 0.29) is 0 Å². The number of hydrogen-bond acceptors (Lipinski definition) is 7. The summed E-state index contributed by atoms with van der Waals surface area (Å²) in [6.45, 7) is 3.30. The van der Waals surface area contributed by atoms with Gasteiger partial charge in [-0.15, -0.1) is 10.2 Å². The van der Waals surface area contributed by atoms with Crippen LogP contribution in [0.4, 0.5) is 5.82 Å². The molecule has 2 aromatic carbocycles. The summed E-state index contributed by atoms with van der Waals surface area (Å²) in [6.07, 6.45) is 4.94. The molecular weight excluding hydrogens is 402 g/mol. The summed E-state index contributed by atoms with van der Waals surface area (Å²) in [5.74, 6) is 2.28. The minimum Gasteiger partial charge on any atom is -0.380 e. The molecular formula is C24H27N7O. The van der Waals surface area contributed by atoms with Gasteiger partial charge in [-0.05, 0) is 28.3 Å². The van der Waals surface area contributed by atoms with E-state index in [1.165, 1.54) is 0 Å². The SMILES string of the molecule is CCCCc1ncc(COC)c(NCc2ccc(-c3ccccc3-c3nn[nH]n3)cc2)n1. The molecule has 0 unspecified atom stereocenters. The lowest BCUT2D eigenvalue weighted by molar-refractivity contribution is 0.184. The van der Waals surface area contributed by atoms with Gasteiger partial charge in [0.15, 0.2) is 0 Å². The molecule has 0 saturated carbocycles. The number of nitrogens with one attached hydrogen (secondary N) is 2. The third-order valence-electron chi connectivity index (χ3n) is 5.21. The van der Waals surface area contributed by atoms with E-state index < -0.39 is 0 Å². The average molecular weight is 430 g/mol. The second-order valence-electron chi connectivity index (χ2n) is 7.53. The topological polar surface area (TPSA) is 102 Å². The maximum absolute atomic E-state index is 5.31. The van der Waals surface area contributed by atoms with Gasteiger partial charge in [0, 0.05) is 37.4 Å². The van der Waals surface area contributed by atoms with Gasteiger partial charge in [0.2, 0.25) is 5.82 Å². The Hall–Kier alpha value is -3.65. The van der Waals surface area contributed by atoms with Crippen LogP contribution in [0.5, 0.6) is 0 Å². The third-order valence-corrected chi connectivity index (χ3v) is 5.21. The number of benzene rings is 2. The molecule has 0 amide bonds. The van der Waals surface area contributed by atoms with E-state index in [1.54, 1.807) is 7.11 Å². The number of anilines is 1. The molecule has 4 rings (SSSR count). The summed E-state index contributed by atoms with van der Waals surface area (Å²) in [6, 6.07) is 16.5. The molecule has 0 fully saturated rings. The summed E-state index contributed by atoms with van der Waals surface area (Å²) in [7, 11) is 1.68. The lowest BCUT2D eigenvalue weighted by atomic mass is 9.98. The lowest BCUT2D eigenvalue weighted by Gasteiger charge is -2.13. The Morgan fingerprint density at radius 3 is 2.56 bits per heavy atom. The van der Waals surface area contributed by atoms with Crippen LogP contribution >= 0.6 is 0 Å². The minimum absolute atomic E-state index is 0.474. The minimum atomic E-state index is 0.474. The van der Waals surface area contributed by atoms with Gasteiger partial charge in [0.25, 0.3) is 0 Å². The molecule has 8 nitrogen and oxygen atoms in total. The Bertz CT molecular complexity index is 1130. The molecule has 0 spiro atoms. The second kappa shape index (κ2) is 10.6. The van der Waals surface area contributed by atoms with Gasteiger partial charge in [-0.25, -0.2) is 9.97 Å². The Morgan fingerprint density at radius 1 is 1.03 bits per heavy atom. The summed E-state index contributed by atoms with van der Waals surface area (Å²) in [4.78, 5) is 9.20. The van der Waals surface area contributed by atoms with Crippen molar-refractivity contribution in [3.05, 3.63) is 71.7 Å². The van der Waals surface area contributed by atoms with Gasteiger partial charge in [0.05, 0.1) is 6.61 Å². The lowest BCUT2D eigenvalue weighted by Crippen LogP contribution is -2.08. The van der Waals surface area contributed by atoms with Crippen molar-refractivity contribution in [3.8, 4) is 22.5 Å². The van der Waals surface area contributed by atoms with Crippen LogP contribution < -0.4 is 5.32 Å². The molecule has 2 N–H and O–H groups in total. The zero-order valence-corrected chi connectivity index (χ0v) is 18.4. The number of rotatable bonds is 10. The quantitative estimate of drug-likeness (QED) is 0.385. The van der Waals surface area contributed by atoms with E-state index in [2.05, 4.69) is 68.2 Å². The Kier molecular flexibility index (Phi) is 7.14. The Balaban J connectivity index is 1.50. The van der Waals surface area contributed by atoms with Crippen LogP contribution in [0.15, 0.2) is 54.7 Å². The van der Waals surface area contributed by atoms with Crippen molar-refractivity contribution in [1.29, 1.82) is 0 Å². The van der Waals surface area contributed by atoms with Crippen LogP contribution in [-0.2, 0) is 24.3 Å². The fourth-order valence-electron chi connectivity index (χ4n) is 3.51. The van der Waals surface area contributed by atoms with Gasteiger partial charge >= 0.3 is 0 Å². The van der Waals surface area contributed by atoms with Crippen molar-refractivity contribution in [3.63, 3.8) is 0 Å². The summed E-state index contributed by atoms with van der Waals surface area (Å²) in [5, 5.41) is 17.9. The number of H-pyrrole nitrogens is 1. The predicted molar refractivity (Wildman–Crippen MR) is 124 cm³/mol. The first-order valence-electron chi connectivity index (χ1n) is 10.8. The van der Waals surface area contributed by atoms with Crippen molar-refractivity contribution < 1.29 is 4.74 Å². The standard InChI is InChI=1S/C24H27N7O/c1-3-4-9-22-25-15-19(16-32-2)23(27-22)26-14-17-10-12-18(13-11-17)20-7-5-6-8-21(20)24-28-30-31-29-24/h5-8,10-13,15H,3-4,9,14,16H2,1-2H3,(H,25,26,27)(H,28,29,30,31). The van der Waals surface area contributed by atoms with Crippen molar-refractivity contribution in [2.24, 2.45) is 0 Å². The highest BCUT2D eigenvalue weighted by Crippen LogP contribution is 2.29. The molecule has 0 radical (unpaired) electrons. The van der Waals surface area contributed by atoms with Gasteiger partial charge < -0.3 is 10.1 Å². The smallest absolute Gasteiger partial charge is 0.205 e. The number of methoxy groups -OCH3 is 1. The number of unbranched alkanes of at least 4 members (excludes halogenated alkanes) is 1. The van der Waals surface area contributed by atoms with Crippen LogP contribution in [0.3, 0.4) is 0 Å².